The third kappa shape index (κ3) is 4.08. The first-order valence-corrected chi connectivity index (χ1v) is 5.45. The first-order valence-electron chi connectivity index (χ1n) is 5.45. The van der Waals surface area contributed by atoms with Gasteiger partial charge in [-0.2, -0.15) is 0 Å². The van der Waals surface area contributed by atoms with E-state index < -0.39 is 0 Å². The van der Waals surface area contributed by atoms with Crippen LogP contribution in [0.25, 0.3) is 0 Å². The SMILES string of the molecule is CNC(=O)[C@@H](N=C(N(C)C)N(C)C)C(C)C. The predicted molar refractivity (Wildman–Crippen MR) is 67.5 cm³/mol. The minimum absolute atomic E-state index is 0.0452. The van der Waals surface area contributed by atoms with E-state index in [-0.39, 0.29) is 17.9 Å². The molecule has 0 saturated carbocycles. The van der Waals surface area contributed by atoms with E-state index >= 15 is 0 Å². The highest BCUT2D eigenvalue weighted by atomic mass is 16.2. The van der Waals surface area contributed by atoms with Crippen molar-refractivity contribution in [2.24, 2.45) is 10.9 Å². The van der Waals surface area contributed by atoms with Gasteiger partial charge in [0.15, 0.2) is 5.96 Å². The summed E-state index contributed by atoms with van der Waals surface area (Å²) in [6.07, 6.45) is 0. The number of carbonyl (C=O) groups excluding carboxylic acids is 1. The summed E-state index contributed by atoms with van der Waals surface area (Å²) in [4.78, 5) is 20.0. The van der Waals surface area contributed by atoms with Crippen molar-refractivity contribution in [1.29, 1.82) is 0 Å². The molecule has 1 atom stereocenters. The van der Waals surface area contributed by atoms with Gasteiger partial charge in [0.2, 0.25) is 5.91 Å². The van der Waals surface area contributed by atoms with Crippen molar-refractivity contribution in [2.45, 2.75) is 19.9 Å². The molecule has 0 radical (unpaired) electrons. The van der Waals surface area contributed by atoms with Gasteiger partial charge in [-0.3, -0.25) is 4.79 Å². The van der Waals surface area contributed by atoms with Crippen LogP contribution in [0.2, 0.25) is 0 Å². The Morgan fingerprint density at radius 3 is 1.81 bits per heavy atom. The smallest absolute Gasteiger partial charge is 0.244 e. The van der Waals surface area contributed by atoms with Gasteiger partial charge in [-0.1, -0.05) is 13.8 Å². The molecular formula is C11H24N4O. The lowest BCUT2D eigenvalue weighted by Crippen LogP contribution is -2.41. The normalized spacial score (nSPS) is 12.0. The summed E-state index contributed by atoms with van der Waals surface area (Å²) in [6, 6.07) is -0.343. The van der Waals surface area contributed by atoms with Crippen LogP contribution in [0, 0.1) is 5.92 Å². The van der Waals surface area contributed by atoms with E-state index in [1.165, 1.54) is 0 Å². The van der Waals surface area contributed by atoms with E-state index in [0.717, 1.165) is 5.96 Å². The van der Waals surface area contributed by atoms with Crippen LogP contribution >= 0.6 is 0 Å². The minimum Gasteiger partial charge on any atom is -0.357 e. The lowest BCUT2D eigenvalue weighted by atomic mass is 10.0. The summed E-state index contributed by atoms with van der Waals surface area (Å²) in [5, 5.41) is 2.65. The number of amides is 1. The van der Waals surface area contributed by atoms with E-state index in [9.17, 15) is 4.79 Å². The molecule has 0 aliphatic rings. The predicted octanol–water partition coefficient (Wildman–Crippen LogP) is 0.236. The molecule has 0 heterocycles. The Hall–Kier alpha value is -1.26. The topological polar surface area (TPSA) is 47.9 Å². The van der Waals surface area contributed by atoms with Crippen molar-refractivity contribution < 1.29 is 4.79 Å². The van der Waals surface area contributed by atoms with E-state index in [2.05, 4.69) is 10.3 Å². The van der Waals surface area contributed by atoms with Gasteiger partial charge in [-0.05, 0) is 5.92 Å². The van der Waals surface area contributed by atoms with Crippen LogP contribution in [0.15, 0.2) is 4.99 Å². The molecule has 0 aromatic rings. The number of guanidine groups is 1. The first kappa shape index (κ1) is 14.7. The van der Waals surface area contributed by atoms with Crippen molar-refractivity contribution >= 4 is 11.9 Å². The van der Waals surface area contributed by atoms with Gasteiger partial charge in [0.25, 0.3) is 0 Å². The summed E-state index contributed by atoms with van der Waals surface area (Å²) < 4.78 is 0. The number of likely N-dealkylation sites (N-methyl/N-ethyl adjacent to an activating group) is 1. The molecule has 1 N–H and O–H groups in total. The summed E-state index contributed by atoms with van der Waals surface area (Å²) in [6.45, 7) is 3.98. The van der Waals surface area contributed by atoms with Crippen molar-refractivity contribution in [3.05, 3.63) is 0 Å². The summed E-state index contributed by atoms with van der Waals surface area (Å²) >= 11 is 0. The fourth-order valence-corrected chi connectivity index (χ4v) is 1.41. The van der Waals surface area contributed by atoms with Gasteiger partial charge in [0.1, 0.15) is 6.04 Å². The molecule has 0 bridgehead atoms. The van der Waals surface area contributed by atoms with Crippen LogP contribution < -0.4 is 5.32 Å². The molecule has 0 unspecified atom stereocenters. The molecule has 0 fully saturated rings. The fourth-order valence-electron chi connectivity index (χ4n) is 1.41. The van der Waals surface area contributed by atoms with E-state index in [1.807, 2.05) is 51.8 Å². The molecule has 5 heteroatoms. The van der Waals surface area contributed by atoms with Gasteiger partial charge in [-0.25, -0.2) is 4.99 Å². The Morgan fingerprint density at radius 2 is 1.56 bits per heavy atom. The molecular weight excluding hydrogens is 204 g/mol. The van der Waals surface area contributed by atoms with Gasteiger partial charge in [0, 0.05) is 35.2 Å². The standard InChI is InChI=1S/C11H24N4O/c1-8(2)9(10(16)12-3)13-11(14(4)5)15(6)7/h8-9H,1-7H3,(H,12,16)/t9-/m0/s1. The van der Waals surface area contributed by atoms with Crippen LogP contribution in [-0.4, -0.2) is 62.9 Å². The maximum Gasteiger partial charge on any atom is 0.244 e. The maximum atomic E-state index is 11.7. The second kappa shape index (κ2) is 6.35. The largest absolute Gasteiger partial charge is 0.357 e. The summed E-state index contributed by atoms with van der Waals surface area (Å²) in [5.74, 6) is 0.924. The van der Waals surface area contributed by atoms with Crippen LogP contribution in [-0.2, 0) is 4.79 Å². The Kier molecular flexibility index (Phi) is 5.85. The number of aliphatic imine (C=N–C) groups is 1. The monoisotopic (exact) mass is 228 g/mol. The van der Waals surface area contributed by atoms with Crippen molar-refractivity contribution in [3.8, 4) is 0 Å². The summed E-state index contributed by atoms with van der Waals surface area (Å²) in [5.41, 5.74) is 0. The number of rotatable bonds is 3. The van der Waals surface area contributed by atoms with Crippen molar-refractivity contribution in [2.75, 3.05) is 35.2 Å². The fraction of sp³-hybridized carbons (Fsp3) is 0.818. The highest BCUT2D eigenvalue weighted by Gasteiger charge is 2.22. The van der Waals surface area contributed by atoms with Crippen LogP contribution in [0.1, 0.15) is 13.8 Å². The number of hydrogen-bond acceptors (Lipinski definition) is 2. The maximum absolute atomic E-state index is 11.7. The number of carbonyl (C=O) groups is 1. The van der Waals surface area contributed by atoms with Crippen LogP contribution in [0.4, 0.5) is 0 Å². The molecule has 5 nitrogen and oxygen atoms in total. The number of hydrogen-bond donors (Lipinski definition) is 1. The van der Waals surface area contributed by atoms with E-state index in [0.29, 0.717) is 0 Å². The summed E-state index contributed by atoms with van der Waals surface area (Å²) in [7, 11) is 9.30. The average Bonchev–Trinajstić information content (AvgIpc) is 2.15. The Bertz CT molecular complexity index is 249. The second-order valence-corrected chi connectivity index (χ2v) is 4.52. The van der Waals surface area contributed by atoms with Gasteiger partial charge in [0.05, 0.1) is 0 Å². The first-order chi connectivity index (χ1) is 7.31. The van der Waals surface area contributed by atoms with Crippen molar-refractivity contribution in [1.82, 2.24) is 15.1 Å². The molecule has 1 amide bonds. The molecule has 16 heavy (non-hydrogen) atoms. The third-order valence-electron chi connectivity index (χ3n) is 2.20. The molecule has 0 aliphatic heterocycles. The van der Waals surface area contributed by atoms with Gasteiger partial charge >= 0.3 is 0 Å². The zero-order valence-corrected chi connectivity index (χ0v) is 11.4. The Balaban J connectivity index is 5.07. The van der Waals surface area contributed by atoms with Gasteiger partial charge in [-0.15, -0.1) is 0 Å². The Labute approximate surface area is 98.5 Å². The quantitative estimate of drug-likeness (QED) is 0.556. The molecule has 0 aromatic carbocycles. The second-order valence-electron chi connectivity index (χ2n) is 4.52. The van der Waals surface area contributed by atoms with E-state index in [4.69, 9.17) is 0 Å². The minimum atomic E-state index is -0.343. The van der Waals surface area contributed by atoms with Crippen LogP contribution in [0.3, 0.4) is 0 Å². The lowest BCUT2D eigenvalue weighted by molar-refractivity contribution is -0.122. The third-order valence-corrected chi connectivity index (χ3v) is 2.20. The molecule has 0 aliphatic carbocycles. The lowest BCUT2D eigenvalue weighted by Gasteiger charge is -2.25. The van der Waals surface area contributed by atoms with E-state index in [1.54, 1.807) is 7.05 Å². The number of nitrogens with zero attached hydrogens (tertiary/aromatic N) is 3. The van der Waals surface area contributed by atoms with Crippen LogP contribution in [0.5, 0.6) is 0 Å². The highest BCUT2D eigenvalue weighted by molar-refractivity contribution is 5.87. The average molecular weight is 228 g/mol. The molecule has 0 rings (SSSR count). The molecule has 0 saturated heterocycles. The molecule has 94 valence electrons. The number of nitrogens with one attached hydrogen (secondary N) is 1. The Morgan fingerprint density at radius 1 is 1.12 bits per heavy atom. The highest BCUT2D eigenvalue weighted by Crippen LogP contribution is 2.08. The van der Waals surface area contributed by atoms with Crippen molar-refractivity contribution in [3.63, 3.8) is 0 Å². The molecule has 0 aromatic heterocycles. The zero-order chi connectivity index (χ0) is 12.9. The van der Waals surface area contributed by atoms with Gasteiger partial charge < -0.3 is 15.1 Å². The zero-order valence-electron chi connectivity index (χ0n) is 11.4. The molecule has 0 spiro atoms.